The van der Waals surface area contributed by atoms with Gasteiger partial charge in [-0.05, 0) is 24.1 Å². The Bertz CT molecular complexity index is 1010. The van der Waals surface area contributed by atoms with Crippen LogP contribution in [-0.2, 0) is 17.8 Å². The molecule has 1 aliphatic heterocycles. The van der Waals surface area contributed by atoms with E-state index in [9.17, 15) is 23.6 Å². The van der Waals surface area contributed by atoms with E-state index in [1.54, 1.807) is 6.07 Å². The molecule has 0 aliphatic carbocycles. The van der Waals surface area contributed by atoms with Crippen molar-refractivity contribution in [2.45, 2.75) is 19.6 Å². The summed E-state index contributed by atoms with van der Waals surface area (Å²) in [5.74, 6) is -0.619. The Labute approximate surface area is 168 Å². The summed E-state index contributed by atoms with van der Waals surface area (Å²) in [6, 6.07) is 8.09. The van der Waals surface area contributed by atoms with Gasteiger partial charge in [0.25, 0.3) is 0 Å². The molecule has 0 unspecified atom stereocenters. The lowest BCUT2D eigenvalue weighted by molar-refractivity contribution is -0.111. The normalized spacial score (nSPS) is 13.2. The van der Waals surface area contributed by atoms with E-state index < -0.39 is 18.6 Å². The number of carbonyl (C=O) groups is 2. The van der Waals surface area contributed by atoms with Gasteiger partial charge >= 0.3 is 12.7 Å². The molecule has 0 spiro atoms. The highest BCUT2D eigenvalue weighted by Gasteiger charge is 2.27. The number of nitriles is 1. The minimum absolute atomic E-state index is 0.0652. The number of hydrogen-bond donors (Lipinski definition) is 2. The van der Waals surface area contributed by atoms with E-state index in [-0.39, 0.29) is 18.8 Å². The van der Waals surface area contributed by atoms with Crippen molar-refractivity contribution in [2.75, 3.05) is 11.9 Å². The van der Waals surface area contributed by atoms with Gasteiger partial charge in [0.2, 0.25) is 5.91 Å². The fraction of sp³-hybridized carbons (Fsp3) is 0.211. The van der Waals surface area contributed by atoms with Gasteiger partial charge in [-0.1, -0.05) is 18.2 Å². The van der Waals surface area contributed by atoms with E-state index in [4.69, 9.17) is 5.11 Å². The number of thiophene rings is 1. The quantitative estimate of drug-likeness (QED) is 0.716. The highest BCUT2D eigenvalue weighted by molar-refractivity contribution is 7.16. The summed E-state index contributed by atoms with van der Waals surface area (Å²) in [7, 11) is 0. The van der Waals surface area contributed by atoms with Crippen molar-refractivity contribution in [1.29, 1.82) is 5.26 Å². The molecular weight excluding hydrogens is 404 g/mol. The van der Waals surface area contributed by atoms with Gasteiger partial charge in [-0.2, -0.15) is 14.0 Å². The summed E-state index contributed by atoms with van der Waals surface area (Å²) in [4.78, 5) is 25.4. The van der Waals surface area contributed by atoms with E-state index in [1.165, 1.54) is 29.2 Å². The lowest BCUT2D eigenvalue weighted by Crippen LogP contribution is -2.34. The second kappa shape index (κ2) is 8.70. The summed E-state index contributed by atoms with van der Waals surface area (Å²) >= 11 is 1.15. The maximum Gasteiger partial charge on any atom is 0.407 e. The molecule has 1 aromatic heterocycles. The first-order valence-electron chi connectivity index (χ1n) is 8.44. The number of halogens is 2. The van der Waals surface area contributed by atoms with Crippen molar-refractivity contribution in [3.8, 4) is 11.8 Å². The van der Waals surface area contributed by atoms with Crippen LogP contribution >= 0.6 is 11.3 Å². The summed E-state index contributed by atoms with van der Waals surface area (Å²) in [5, 5.41) is 21.5. The summed E-state index contributed by atoms with van der Waals surface area (Å²) in [6.07, 6.45) is 1.83. The van der Waals surface area contributed by atoms with Gasteiger partial charge in [0, 0.05) is 23.1 Å². The van der Waals surface area contributed by atoms with Crippen LogP contribution in [0.15, 0.2) is 30.3 Å². The largest absolute Gasteiger partial charge is 0.465 e. The molecule has 1 aliphatic rings. The van der Waals surface area contributed by atoms with Crippen LogP contribution in [0.2, 0.25) is 0 Å². The molecule has 10 heteroatoms. The molecule has 2 N–H and O–H groups in total. The second-order valence-electron chi connectivity index (χ2n) is 6.01. The number of hydrogen-bond acceptors (Lipinski definition) is 5. The molecule has 1 aromatic carbocycles. The van der Waals surface area contributed by atoms with Crippen LogP contribution in [0.5, 0.6) is 5.75 Å². The van der Waals surface area contributed by atoms with Gasteiger partial charge in [0.05, 0.1) is 12.1 Å². The highest BCUT2D eigenvalue weighted by Crippen LogP contribution is 2.36. The van der Waals surface area contributed by atoms with Crippen LogP contribution in [0.1, 0.15) is 21.6 Å². The summed E-state index contributed by atoms with van der Waals surface area (Å²) in [5.41, 5.74) is 1.36. The molecule has 0 radical (unpaired) electrons. The van der Waals surface area contributed by atoms with E-state index >= 15 is 0 Å². The number of benzene rings is 1. The average molecular weight is 419 g/mol. The average Bonchev–Trinajstić information content (AvgIpc) is 3.02. The number of amides is 2. The highest BCUT2D eigenvalue weighted by atomic mass is 32.1. The van der Waals surface area contributed by atoms with Crippen LogP contribution in [0.4, 0.5) is 18.6 Å². The van der Waals surface area contributed by atoms with Crippen molar-refractivity contribution in [3.63, 3.8) is 0 Å². The molecule has 0 bridgehead atoms. The van der Waals surface area contributed by atoms with E-state index in [1.807, 2.05) is 0 Å². The number of fused-ring (bicyclic) bond motifs is 1. The van der Waals surface area contributed by atoms with Crippen LogP contribution in [0.25, 0.3) is 6.08 Å². The smallest absolute Gasteiger partial charge is 0.407 e. The Balaban J connectivity index is 1.76. The number of nitrogens with one attached hydrogen (secondary N) is 1. The Morgan fingerprint density at radius 2 is 2.14 bits per heavy atom. The number of alkyl halides is 2. The Morgan fingerprint density at radius 3 is 2.83 bits per heavy atom. The number of anilines is 1. The van der Waals surface area contributed by atoms with Gasteiger partial charge in [-0.15, -0.1) is 11.3 Å². The number of carbonyl (C=O) groups excluding carboxylic acids is 1. The first kappa shape index (κ1) is 20.3. The SMILES string of the molecule is N#Cc1c(NC(=O)C=Cc2ccccc2OC(F)F)sc2c1CCN(C(=O)O)C2. The molecule has 0 saturated carbocycles. The van der Waals surface area contributed by atoms with Crippen molar-refractivity contribution < 1.29 is 28.2 Å². The fourth-order valence-electron chi connectivity index (χ4n) is 2.91. The number of para-hydroxylation sites is 1. The zero-order chi connectivity index (χ0) is 21.0. The molecule has 0 atom stereocenters. The number of ether oxygens (including phenoxy) is 1. The van der Waals surface area contributed by atoms with E-state index in [2.05, 4.69) is 16.1 Å². The monoisotopic (exact) mass is 419 g/mol. The fourth-order valence-corrected chi connectivity index (χ4v) is 4.13. The van der Waals surface area contributed by atoms with Gasteiger partial charge in [0.15, 0.2) is 0 Å². The molecule has 150 valence electrons. The molecule has 0 fully saturated rings. The number of nitrogens with zero attached hydrogens (tertiary/aromatic N) is 2. The molecule has 2 amide bonds. The maximum atomic E-state index is 12.5. The van der Waals surface area contributed by atoms with Crippen molar-refractivity contribution in [1.82, 2.24) is 4.90 Å². The van der Waals surface area contributed by atoms with Crippen LogP contribution in [-0.4, -0.2) is 35.2 Å². The second-order valence-corrected chi connectivity index (χ2v) is 7.12. The Morgan fingerprint density at radius 1 is 1.38 bits per heavy atom. The molecule has 7 nitrogen and oxygen atoms in total. The first-order valence-corrected chi connectivity index (χ1v) is 9.26. The first-order chi connectivity index (χ1) is 13.9. The van der Waals surface area contributed by atoms with Crippen LogP contribution in [0.3, 0.4) is 0 Å². The topological polar surface area (TPSA) is 103 Å². The van der Waals surface area contributed by atoms with Crippen molar-refractivity contribution in [2.24, 2.45) is 0 Å². The lowest BCUT2D eigenvalue weighted by atomic mass is 10.0. The minimum atomic E-state index is -2.99. The van der Waals surface area contributed by atoms with Gasteiger partial charge in [0.1, 0.15) is 16.8 Å². The molecule has 2 aromatic rings. The molecule has 29 heavy (non-hydrogen) atoms. The number of rotatable bonds is 5. The minimum Gasteiger partial charge on any atom is -0.465 e. The molecule has 2 heterocycles. The predicted octanol–water partition coefficient (Wildman–Crippen LogP) is 3.91. The van der Waals surface area contributed by atoms with Gasteiger partial charge in [-0.3, -0.25) is 4.79 Å². The molecular formula is C19H15F2N3O4S. The number of carboxylic acid groups (broad SMARTS) is 1. The third kappa shape index (κ3) is 4.70. The van der Waals surface area contributed by atoms with Crippen LogP contribution in [0, 0.1) is 11.3 Å². The third-order valence-electron chi connectivity index (χ3n) is 4.23. The third-order valence-corrected chi connectivity index (χ3v) is 5.36. The van der Waals surface area contributed by atoms with Gasteiger partial charge < -0.3 is 20.1 Å². The standard InChI is InChI=1S/C19H15F2N3O4S/c20-18(21)28-14-4-2-1-3-11(14)5-6-16(25)23-17-13(9-22)12-7-8-24(19(26)27)10-15(12)29-17/h1-6,18H,7-8,10H2,(H,23,25)(H,26,27). The summed E-state index contributed by atoms with van der Waals surface area (Å²) < 4.78 is 29.3. The molecule has 3 rings (SSSR count). The molecule has 0 saturated heterocycles. The zero-order valence-electron chi connectivity index (χ0n) is 14.9. The Hall–Kier alpha value is -3.45. The maximum absolute atomic E-state index is 12.5. The van der Waals surface area contributed by atoms with Crippen molar-refractivity contribution >= 4 is 34.4 Å². The lowest BCUT2D eigenvalue weighted by Gasteiger charge is -2.23. The van der Waals surface area contributed by atoms with Gasteiger partial charge in [-0.25, -0.2) is 4.79 Å². The van der Waals surface area contributed by atoms with Crippen LogP contribution < -0.4 is 10.1 Å². The summed E-state index contributed by atoms with van der Waals surface area (Å²) in [6.45, 7) is -2.55. The van der Waals surface area contributed by atoms with Crippen molar-refractivity contribution in [3.05, 3.63) is 51.9 Å². The zero-order valence-corrected chi connectivity index (χ0v) is 15.7. The van der Waals surface area contributed by atoms with E-state index in [0.29, 0.717) is 27.4 Å². The predicted molar refractivity (Wildman–Crippen MR) is 102 cm³/mol. The van der Waals surface area contributed by atoms with E-state index in [0.717, 1.165) is 23.0 Å². The Kier molecular flexibility index (Phi) is 6.09.